The van der Waals surface area contributed by atoms with Gasteiger partial charge in [-0.2, -0.15) is 0 Å². The van der Waals surface area contributed by atoms with Crippen LogP contribution in [0.1, 0.15) is 35.4 Å². The highest BCUT2D eigenvalue weighted by Gasteiger charge is 2.23. The van der Waals surface area contributed by atoms with E-state index < -0.39 is 21.9 Å². The molecular formula is C26H28N4O5S. The third kappa shape index (κ3) is 6.77. The Bertz CT molecular complexity index is 1370. The van der Waals surface area contributed by atoms with Crippen molar-refractivity contribution < 1.29 is 22.7 Å². The molecule has 0 aliphatic carbocycles. The van der Waals surface area contributed by atoms with Gasteiger partial charge in [0.1, 0.15) is 5.84 Å². The summed E-state index contributed by atoms with van der Waals surface area (Å²) in [6.07, 6.45) is 0.267. The Kier molecular flexibility index (Phi) is 8.57. The minimum Gasteiger partial charge on any atom is -0.469 e. The number of methoxy groups -OCH3 is 1. The van der Waals surface area contributed by atoms with Crippen LogP contribution in [0, 0.1) is 5.41 Å². The number of primary sulfonamides is 1. The maximum absolute atomic E-state index is 13.2. The van der Waals surface area contributed by atoms with E-state index in [1.807, 2.05) is 6.07 Å². The van der Waals surface area contributed by atoms with E-state index in [9.17, 15) is 18.0 Å². The summed E-state index contributed by atoms with van der Waals surface area (Å²) in [6, 6.07) is 20.3. The molecule has 0 bridgehead atoms. The third-order valence-electron chi connectivity index (χ3n) is 5.70. The molecule has 3 aromatic rings. The monoisotopic (exact) mass is 508 g/mol. The average molecular weight is 509 g/mol. The number of nitrogens with one attached hydrogen (secondary N) is 2. The Morgan fingerprint density at radius 2 is 1.72 bits per heavy atom. The van der Waals surface area contributed by atoms with Gasteiger partial charge in [-0.05, 0) is 35.2 Å². The SMILES string of the molecule is COC(=O)CCC(C(=O)NCc1cccc(C(=N)N)c1)c1ccc(-c2ccccc2S(N)(=O)=O)cc1. The van der Waals surface area contributed by atoms with Crippen molar-refractivity contribution in [2.45, 2.75) is 30.2 Å². The van der Waals surface area contributed by atoms with Crippen LogP contribution in [0.3, 0.4) is 0 Å². The van der Waals surface area contributed by atoms with Crippen molar-refractivity contribution in [3.63, 3.8) is 0 Å². The van der Waals surface area contributed by atoms with Crippen molar-refractivity contribution in [3.05, 3.63) is 89.5 Å². The Morgan fingerprint density at radius 1 is 1.03 bits per heavy atom. The van der Waals surface area contributed by atoms with Gasteiger partial charge in [-0.1, -0.05) is 60.7 Å². The van der Waals surface area contributed by atoms with Gasteiger partial charge in [-0.3, -0.25) is 15.0 Å². The average Bonchev–Trinajstić information content (AvgIpc) is 2.87. The van der Waals surface area contributed by atoms with Crippen molar-refractivity contribution in [2.24, 2.45) is 10.9 Å². The lowest BCUT2D eigenvalue weighted by Gasteiger charge is -2.18. The highest BCUT2D eigenvalue weighted by atomic mass is 32.2. The number of amidine groups is 1. The Hall–Kier alpha value is -4.02. The normalized spacial score (nSPS) is 11.9. The second-order valence-electron chi connectivity index (χ2n) is 8.16. The molecular weight excluding hydrogens is 480 g/mol. The minimum atomic E-state index is -3.92. The number of benzene rings is 3. The van der Waals surface area contributed by atoms with Gasteiger partial charge >= 0.3 is 5.97 Å². The van der Waals surface area contributed by atoms with Crippen LogP contribution < -0.4 is 16.2 Å². The van der Waals surface area contributed by atoms with Gasteiger partial charge in [-0.15, -0.1) is 0 Å². The van der Waals surface area contributed by atoms with Crippen LogP contribution in [0.2, 0.25) is 0 Å². The van der Waals surface area contributed by atoms with Gasteiger partial charge in [0.25, 0.3) is 0 Å². The molecule has 0 aliphatic rings. The fourth-order valence-electron chi connectivity index (χ4n) is 3.82. The van der Waals surface area contributed by atoms with Crippen LogP contribution in [-0.4, -0.2) is 33.2 Å². The molecule has 1 amide bonds. The maximum Gasteiger partial charge on any atom is 0.305 e. The smallest absolute Gasteiger partial charge is 0.305 e. The number of carbonyl (C=O) groups is 2. The van der Waals surface area contributed by atoms with E-state index in [2.05, 4.69) is 5.32 Å². The molecule has 0 radical (unpaired) electrons. The van der Waals surface area contributed by atoms with Crippen LogP contribution in [0.25, 0.3) is 11.1 Å². The van der Waals surface area contributed by atoms with Gasteiger partial charge in [0.2, 0.25) is 15.9 Å². The first-order valence-electron chi connectivity index (χ1n) is 11.1. The lowest BCUT2D eigenvalue weighted by molar-refractivity contribution is -0.140. The number of esters is 1. The summed E-state index contributed by atoms with van der Waals surface area (Å²) in [4.78, 5) is 24.9. The van der Waals surface area contributed by atoms with Crippen LogP contribution >= 0.6 is 0 Å². The van der Waals surface area contributed by atoms with E-state index in [0.29, 0.717) is 22.3 Å². The molecule has 0 saturated heterocycles. The number of nitrogens with two attached hydrogens (primary N) is 2. The number of sulfonamides is 1. The number of hydrogen-bond donors (Lipinski definition) is 4. The van der Waals surface area contributed by atoms with Crippen LogP contribution in [0.5, 0.6) is 0 Å². The zero-order chi connectivity index (χ0) is 26.3. The van der Waals surface area contributed by atoms with Gasteiger partial charge in [-0.25, -0.2) is 13.6 Å². The van der Waals surface area contributed by atoms with Crippen molar-refractivity contribution in [3.8, 4) is 11.1 Å². The maximum atomic E-state index is 13.2. The van der Waals surface area contributed by atoms with E-state index >= 15 is 0 Å². The van der Waals surface area contributed by atoms with Crippen LogP contribution in [-0.2, 0) is 30.9 Å². The minimum absolute atomic E-state index is 0.00512. The number of amides is 1. The summed E-state index contributed by atoms with van der Waals surface area (Å²) in [5.74, 6) is -1.43. The molecule has 0 fully saturated rings. The molecule has 36 heavy (non-hydrogen) atoms. The number of rotatable bonds is 10. The first-order chi connectivity index (χ1) is 17.1. The highest BCUT2D eigenvalue weighted by Crippen LogP contribution is 2.29. The van der Waals surface area contributed by atoms with E-state index in [0.717, 1.165) is 5.56 Å². The molecule has 1 unspecified atom stereocenters. The lowest BCUT2D eigenvalue weighted by Crippen LogP contribution is -2.29. The van der Waals surface area contributed by atoms with E-state index in [-0.39, 0.29) is 36.0 Å². The molecule has 9 nitrogen and oxygen atoms in total. The van der Waals surface area contributed by atoms with Gasteiger partial charge < -0.3 is 15.8 Å². The van der Waals surface area contributed by atoms with Crippen molar-refractivity contribution in [1.82, 2.24) is 5.32 Å². The second-order valence-corrected chi connectivity index (χ2v) is 9.69. The standard InChI is InChI=1S/C26H28N4O5S/c1-35-24(31)14-13-22(26(32)30-16-17-5-4-6-20(15-17)25(27)28)19-11-9-18(10-12-19)21-7-2-3-8-23(21)36(29,33)34/h2-12,15,22H,13-14,16H2,1H3,(H3,27,28)(H,30,32)(H2,29,33,34). The fraction of sp³-hybridized carbons (Fsp3) is 0.192. The Labute approximate surface area is 210 Å². The Morgan fingerprint density at radius 3 is 2.36 bits per heavy atom. The summed E-state index contributed by atoms with van der Waals surface area (Å²) >= 11 is 0. The van der Waals surface area contributed by atoms with E-state index in [1.54, 1.807) is 60.7 Å². The lowest BCUT2D eigenvalue weighted by atomic mass is 9.91. The van der Waals surface area contributed by atoms with E-state index in [1.165, 1.54) is 13.2 Å². The van der Waals surface area contributed by atoms with E-state index in [4.69, 9.17) is 21.0 Å². The Balaban J connectivity index is 1.84. The summed E-state index contributed by atoms with van der Waals surface area (Å²) in [5.41, 5.74) is 8.60. The molecule has 6 N–H and O–H groups in total. The molecule has 0 aromatic heterocycles. The predicted molar refractivity (Wildman–Crippen MR) is 137 cm³/mol. The summed E-state index contributed by atoms with van der Waals surface area (Å²) in [7, 11) is -2.63. The number of carbonyl (C=O) groups excluding carboxylic acids is 2. The topological polar surface area (TPSA) is 165 Å². The zero-order valence-electron chi connectivity index (χ0n) is 19.7. The summed E-state index contributed by atoms with van der Waals surface area (Å²) < 4.78 is 28.7. The molecule has 0 aliphatic heterocycles. The summed E-state index contributed by atoms with van der Waals surface area (Å²) in [5, 5.41) is 15.8. The van der Waals surface area contributed by atoms with Crippen molar-refractivity contribution >= 4 is 27.7 Å². The fourth-order valence-corrected chi connectivity index (χ4v) is 4.58. The molecule has 3 rings (SSSR count). The molecule has 3 aromatic carbocycles. The van der Waals surface area contributed by atoms with Gasteiger partial charge in [0, 0.05) is 24.1 Å². The zero-order valence-corrected chi connectivity index (χ0v) is 20.5. The molecule has 0 heterocycles. The molecule has 188 valence electrons. The van der Waals surface area contributed by atoms with Gasteiger partial charge in [0.05, 0.1) is 17.9 Å². The van der Waals surface area contributed by atoms with Crippen molar-refractivity contribution in [2.75, 3.05) is 7.11 Å². The summed E-state index contributed by atoms with van der Waals surface area (Å²) in [6.45, 7) is 0.217. The molecule has 10 heteroatoms. The van der Waals surface area contributed by atoms with Crippen molar-refractivity contribution in [1.29, 1.82) is 5.41 Å². The highest BCUT2D eigenvalue weighted by molar-refractivity contribution is 7.89. The quantitative estimate of drug-likeness (QED) is 0.187. The van der Waals surface area contributed by atoms with Crippen LogP contribution in [0.4, 0.5) is 0 Å². The number of ether oxygens (including phenoxy) is 1. The number of hydrogen-bond acceptors (Lipinski definition) is 6. The predicted octanol–water partition coefficient (Wildman–Crippen LogP) is 2.64. The number of nitrogen functional groups attached to an aromatic ring is 1. The third-order valence-corrected chi connectivity index (χ3v) is 6.67. The second kappa shape index (κ2) is 11.6. The van der Waals surface area contributed by atoms with Crippen LogP contribution in [0.15, 0.2) is 77.7 Å². The first kappa shape index (κ1) is 26.6. The van der Waals surface area contributed by atoms with Gasteiger partial charge in [0.15, 0.2) is 0 Å². The molecule has 0 saturated carbocycles. The molecule has 1 atom stereocenters. The largest absolute Gasteiger partial charge is 0.469 e. The first-order valence-corrected chi connectivity index (χ1v) is 12.6. The molecule has 0 spiro atoms.